The second-order valence-electron chi connectivity index (χ2n) is 5.20. The zero-order valence-corrected chi connectivity index (χ0v) is 10.7. The Kier molecular flexibility index (Phi) is 3.59. The number of anilines is 1. The minimum absolute atomic E-state index is 0.182. The second kappa shape index (κ2) is 4.83. The van der Waals surface area contributed by atoms with E-state index in [0.717, 1.165) is 12.3 Å². The molecule has 1 unspecified atom stereocenters. The monoisotopic (exact) mass is 256 g/mol. The first-order chi connectivity index (χ1) is 8.00. The van der Waals surface area contributed by atoms with Crippen LogP contribution >= 0.6 is 11.6 Å². The Bertz CT molecular complexity index is 386. The average Bonchev–Trinajstić information content (AvgIpc) is 2.99. The van der Waals surface area contributed by atoms with Gasteiger partial charge in [-0.2, -0.15) is 0 Å². The van der Waals surface area contributed by atoms with Gasteiger partial charge in [-0.1, -0.05) is 24.4 Å². The molecule has 4 heteroatoms. The molecule has 0 spiro atoms. The predicted molar refractivity (Wildman–Crippen MR) is 69.8 cm³/mol. The Balaban J connectivity index is 2.10. The zero-order chi connectivity index (χ0) is 12.5. The van der Waals surface area contributed by atoms with Gasteiger partial charge in [-0.3, -0.25) is 0 Å². The maximum absolute atomic E-state index is 13.2. The summed E-state index contributed by atoms with van der Waals surface area (Å²) in [5.74, 6) is 0.436. The normalized spacial score (nSPS) is 18.8. The largest absolute Gasteiger partial charge is 0.378 e. The molecule has 0 bridgehead atoms. The third-order valence-corrected chi connectivity index (χ3v) is 3.41. The molecule has 1 aliphatic carbocycles. The molecule has 2 rings (SSSR count). The molecule has 1 fully saturated rings. The molecule has 94 valence electrons. The SMILES string of the molecule is CC(CN)(CC1CC1)Nc1cc(F)cc(Cl)c1. The highest BCUT2D eigenvalue weighted by molar-refractivity contribution is 6.30. The molecular weight excluding hydrogens is 239 g/mol. The van der Waals surface area contributed by atoms with E-state index in [9.17, 15) is 4.39 Å². The van der Waals surface area contributed by atoms with Crippen molar-refractivity contribution in [2.75, 3.05) is 11.9 Å². The Morgan fingerprint density at radius 1 is 1.47 bits per heavy atom. The summed E-state index contributed by atoms with van der Waals surface area (Å²) in [5.41, 5.74) is 6.33. The van der Waals surface area contributed by atoms with Crippen LogP contribution in [0.2, 0.25) is 5.02 Å². The van der Waals surface area contributed by atoms with E-state index in [1.54, 1.807) is 6.07 Å². The van der Waals surface area contributed by atoms with Crippen molar-refractivity contribution in [1.82, 2.24) is 0 Å². The van der Waals surface area contributed by atoms with Crippen molar-refractivity contribution in [3.05, 3.63) is 29.0 Å². The fourth-order valence-electron chi connectivity index (χ4n) is 2.12. The quantitative estimate of drug-likeness (QED) is 0.847. The minimum Gasteiger partial charge on any atom is -0.378 e. The van der Waals surface area contributed by atoms with Gasteiger partial charge in [0, 0.05) is 22.8 Å². The third kappa shape index (κ3) is 3.58. The highest BCUT2D eigenvalue weighted by Gasteiger charge is 2.32. The maximum atomic E-state index is 13.2. The molecule has 1 aromatic rings. The molecule has 1 aliphatic rings. The van der Waals surface area contributed by atoms with E-state index in [1.165, 1.54) is 25.0 Å². The van der Waals surface area contributed by atoms with Crippen LogP contribution in [-0.2, 0) is 0 Å². The van der Waals surface area contributed by atoms with Crippen LogP contribution in [-0.4, -0.2) is 12.1 Å². The van der Waals surface area contributed by atoms with E-state index < -0.39 is 0 Å². The van der Waals surface area contributed by atoms with Crippen LogP contribution < -0.4 is 11.1 Å². The van der Waals surface area contributed by atoms with Gasteiger partial charge in [0.15, 0.2) is 0 Å². The number of halogens is 2. The maximum Gasteiger partial charge on any atom is 0.126 e. The van der Waals surface area contributed by atoms with Crippen LogP contribution in [0.4, 0.5) is 10.1 Å². The second-order valence-corrected chi connectivity index (χ2v) is 5.63. The van der Waals surface area contributed by atoms with E-state index >= 15 is 0 Å². The van der Waals surface area contributed by atoms with E-state index in [4.69, 9.17) is 17.3 Å². The summed E-state index contributed by atoms with van der Waals surface area (Å²) in [6.07, 6.45) is 3.58. The van der Waals surface area contributed by atoms with Gasteiger partial charge >= 0.3 is 0 Å². The lowest BCUT2D eigenvalue weighted by Gasteiger charge is -2.31. The summed E-state index contributed by atoms with van der Waals surface area (Å²) in [6.45, 7) is 2.60. The fraction of sp³-hybridized carbons (Fsp3) is 0.538. The third-order valence-electron chi connectivity index (χ3n) is 3.20. The summed E-state index contributed by atoms with van der Waals surface area (Å²) in [4.78, 5) is 0. The number of hydrogen-bond donors (Lipinski definition) is 2. The summed E-state index contributed by atoms with van der Waals surface area (Å²) in [5, 5.41) is 3.71. The van der Waals surface area contributed by atoms with Crippen molar-refractivity contribution in [3.8, 4) is 0 Å². The van der Waals surface area contributed by atoms with Gasteiger partial charge < -0.3 is 11.1 Å². The number of hydrogen-bond acceptors (Lipinski definition) is 2. The molecule has 3 N–H and O–H groups in total. The Labute approximate surface area is 106 Å². The number of nitrogens with two attached hydrogens (primary N) is 1. The molecule has 0 heterocycles. The zero-order valence-electron chi connectivity index (χ0n) is 9.97. The van der Waals surface area contributed by atoms with Gasteiger partial charge in [0.2, 0.25) is 0 Å². The lowest BCUT2D eigenvalue weighted by atomic mass is 9.94. The Morgan fingerprint density at radius 2 is 2.18 bits per heavy atom. The van der Waals surface area contributed by atoms with Crippen molar-refractivity contribution in [1.29, 1.82) is 0 Å². The van der Waals surface area contributed by atoms with Gasteiger partial charge in [-0.05, 0) is 37.5 Å². The minimum atomic E-state index is -0.328. The molecule has 2 nitrogen and oxygen atoms in total. The van der Waals surface area contributed by atoms with Gasteiger partial charge in [0.05, 0.1) is 0 Å². The van der Waals surface area contributed by atoms with E-state index in [1.807, 2.05) is 0 Å². The predicted octanol–water partition coefficient (Wildman–Crippen LogP) is 3.41. The average molecular weight is 257 g/mol. The van der Waals surface area contributed by atoms with Crippen LogP contribution in [0.1, 0.15) is 26.2 Å². The Morgan fingerprint density at radius 3 is 2.71 bits per heavy atom. The van der Waals surface area contributed by atoms with Gasteiger partial charge in [0.1, 0.15) is 5.82 Å². The van der Waals surface area contributed by atoms with E-state index in [-0.39, 0.29) is 11.4 Å². The van der Waals surface area contributed by atoms with Crippen LogP contribution in [0.25, 0.3) is 0 Å². The highest BCUT2D eigenvalue weighted by Crippen LogP contribution is 2.37. The Hall–Kier alpha value is -0.800. The number of rotatable bonds is 5. The molecule has 0 radical (unpaired) electrons. The molecule has 0 aliphatic heterocycles. The number of benzene rings is 1. The summed E-state index contributed by atoms with van der Waals surface area (Å²) < 4.78 is 13.2. The lowest BCUT2D eigenvalue weighted by molar-refractivity contribution is 0.453. The van der Waals surface area contributed by atoms with Crippen molar-refractivity contribution >= 4 is 17.3 Å². The summed E-state index contributed by atoms with van der Waals surface area (Å²) in [6, 6.07) is 4.48. The molecule has 1 aromatic carbocycles. The molecule has 1 saturated carbocycles. The van der Waals surface area contributed by atoms with Gasteiger partial charge in [0.25, 0.3) is 0 Å². The number of nitrogens with one attached hydrogen (secondary N) is 1. The van der Waals surface area contributed by atoms with Crippen LogP contribution in [0.3, 0.4) is 0 Å². The topological polar surface area (TPSA) is 38.0 Å². The highest BCUT2D eigenvalue weighted by atomic mass is 35.5. The van der Waals surface area contributed by atoms with Crippen molar-refractivity contribution < 1.29 is 4.39 Å². The molecule has 0 amide bonds. The molecule has 0 saturated heterocycles. The van der Waals surface area contributed by atoms with Crippen molar-refractivity contribution in [3.63, 3.8) is 0 Å². The molecule has 0 aromatic heterocycles. The van der Waals surface area contributed by atoms with E-state index in [2.05, 4.69) is 12.2 Å². The smallest absolute Gasteiger partial charge is 0.126 e. The fourth-order valence-corrected chi connectivity index (χ4v) is 2.34. The van der Waals surface area contributed by atoms with Crippen molar-refractivity contribution in [2.45, 2.75) is 31.7 Å². The molecular formula is C13H18ClFN2. The van der Waals surface area contributed by atoms with Crippen LogP contribution in [0.5, 0.6) is 0 Å². The summed E-state index contributed by atoms with van der Waals surface area (Å²) in [7, 11) is 0. The first-order valence-corrected chi connectivity index (χ1v) is 6.33. The first kappa shape index (κ1) is 12.7. The lowest BCUT2D eigenvalue weighted by Crippen LogP contribution is -2.43. The van der Waals surface area contributed by atoms with Crippen LogP contribution in [0, 0.1) is 11.7 Å². The van der Waals surface area contributed by atoms with Crippen molar-refractivity contribution in [2.24, 2.45) is 11.7 Å². The van der Waals surface area contributed by atoms with E-state index in [0.29, 0.717) is 17.3 Å². The first-order valence-electron chi connectivity index (χ1n) is 5.95. The van der Waals surface area contributed by atoms with Gasteiger partial charge in [-0.25, -0.2) is 4.39 Å². The molecule has 17 heavy (non-hydrogen) atoms. The van der Waals surface area contributed by atoms with Crippen LogP contribution in [0.15, 0.2) is 18.2 Å². The standard InChI is InChI=1S/C13H18ClFN2/c1-13(8-16,7-9-2-3-9)17-12-5-10(14)4-11(15)6-12/h4-6,9,17H,2-3,7-8,16H2,1H3. The summed E-state index contributed by atoms with van der Waals surface area (Å²) >= 11 is 5.83. The van der Waals surface area contributed by atoms with Gasteiger partial charge in [-0.15, -0.1) is 0 Å². The molecule has 1 atom stereocenters.